The van der Waals surface area contributed by atoms with Crippen molar-refractivity contribution in [3.8, 4) is 6.07 Å². The van der Waals surface area contributed by atoms with Crippen LogP contribution in [0, 0.1) is 34.3 Å². The molecule has 1 atom stereocenters. The van der Waals surface area contributed by atoms with Gasteiger partial charge in [0.25, 0.3) is 5.95 Å². The number of nitrogens with zero attached hydrogens (tertiary/aromatic N) is 4. The van der Waals surface area contributed by atoms with Gasteiger partial charge in [-0.3, -0.25) is 4.79 Å². The minimum absolute atomic E-state index is 0.00656. The number of halogens is 3. The van der Waals surface area contributed by atoms with Crippen LogP contribution in [0.1, 0.15) is 50.5 Å². The number of pyridine rings is 1. The Labute approximate surface area is 166 Å². The van der Waals surface area contributed by atoms with E-state index in [0.717, 1.165) is 12.8 Å². The average Bonchev–Trinajstić information content (AvgIpc) is 3.01. The monoisotopic (exact) mass is 408 g/mol. The number of anilines is 1. The normalized spacial score (nSPS) is 30.1. The largest absolute Gasteiger partial charge is 0.393 e. The van der Waals surface area contributed by atoms with Gasteiger partial charge in [-0.15, -0.1) is 0 Å². The summed E-state index contributed by atoms with van der Waals surface area (Å²) in [7, 11) is 0. The molecule has 3 aliphatic rings. The van der Waals surface area contributed by atoms with Crippen molar-refractivity contribution < 1.29 is 23.1 Å². The van der Waals surface area contributed by atoms with Crippen LogP contribution < -0.4 is 4.90 Å². The average molecular weight is 408 g/mol. The predicted octanol–water partition coefficient (Wildman–Crippen LogP) is 2.49. The van der Waals surface area contributed by atoms with Gasteiger partial charge in [-0.2, -0.15) is 14.6 Å². The van der Waals surface area contributed by atoms with E-state index in [1.807, 2.05) is 4.90 Å². The van der Waals surface area contributed by atoms with E-state index >= 15 is 0 Å². The van der Waals surface area contributed by atoms with Gasteiger partial charge in [-0.05, 0) is 44.9 Å². The minimum atomic E-state index is -1.59. The Morgan fingerprint density at radius 1 is 1.10 bits per heavy atom. The number of hydrogen-bond donors (Lipinski definition) is 1. The maximum absolute atomic E-state index is 14.6. The van der Waals surface area contributed by atoms with Gasteiger partial charge in [0.05, 0.1) is 11.5 Å². The molecule has 6 nitrogen and oxygen atoms in total. The summed E-state index contributed by atoms with van der Waals surface area (Å²) in [4.78, 5) is 20.1. The lowest BCUT2D eigenvalue weighted by Gasteiger charge is -2.41. The Hall–Kier alpha value is -2.34. The van der Waals surface area contributed by atoms with Crippen LogP contribution in [-0.2, 0) is 4.79 Å². The van der Waals surface area contributed by atoms with Gasteiger partial charge in [0.2, 0.25) is 5.91 Å². The van der Waals surface area contributed by atoms with E-state index in [0.29, 0.717) is 45.2 Å². The first-order valence-electron chi connectivity index (χ1n) is 10.0. The number of aromatic nitrogens is 1. The van der Waals surface area contributed by atoms with E-state index < -0.39 is 34.4 Å². The van der Waals surface area contributed by atoms with Crippen molar-refractivity contribution in [3.05, 3.63) is 23.1 Å². The number of carbonyl (C=O) groups excluding carboxylic acids is 1. The first-order valence-corrected chi connectivity index (χ1v) is 10.0. The van der Waals surface area contributed by atoms with Crippen LogP contribution in [0.2, 0.25) is 0 Å². The second kappa shape index (κ2) is 7.48. The molecule has 0 aromatic carbocycles. The summed E-state index contributed by atoms with van der Waals surface area (Å²) in [6, 6.07) is 1.46. The molecule has 1 N–H and O–H groups in total. The fourth-order valence-corrected chi connectivity index (χ4v) is 5.07. The second-order valence-electron chi connectivity index (χ2n) is 8.36. The molecule has 9 heteroatoms. The maximum Gasteiger partial charge on any atom is 0.252 e. The number of hydrogen-bond acceptors (Lipinski definition) is 5. The Bertz CT molecular complexity index is 866. The molecule has 3 fully saturated rings. The van der Waals surface area contributed by atoms with Gasteiger partial charge < -0.3 is 14.9 Å². The number of rotatable bonds is 2. The maximum atomic E-state index is 14.6. The highest BCUT2D eigenvalue weighted by Gasteiger charge is 2.51. The SMILES string of the molecule is N#Cc1c(F)c(F)nc(N2CCC[C@@]3(CCN(C4CCC(O)CC4)C3=O)C2)c1F. The fourth-order valence-electron chi connectivity index (χ4n) is 5.07. The van der Waals surface area contributed by atoms with Crippen molar-refractivity contribution in [2.75, 3.05) is 24.5 Å². The quantitative estimate of drug-likeness (QED) is 0.761. The van der Waals surface area contributed by atoms with Gasteiger partial charge >= 0.3 is 0 Å². The lowest BCUT2D eigenvalue weighted by molar-refractivity contribution is -0.139. The van der Waals surface area contributed by atoms with E-state index in [-0.39, 0.29) is 24.6 Å². The summed E-state index contributed by atoms with van der Waals surface area (Å²) >= 11 is 0. The summed E-state index contributed by atoms with van der Waals surface area (Å²) in [6.45, 7) is 1.12. The molecule has 0 bridgehead atoms. The fraction of sp³-hybridized carbons (Fsp3) is 0.650. The number of likely N-dealkylation sites (tertiary alicyclic amines) is 1. The highest BCUT2D eigenvalue weighted by Crippen LogP contribution is 2.43. The lowest BCUT2D eigenvalue weighted by Crippen LogP contribution is -2.50. The number of nitriles is 1. The van der Waals surface area contributed by atoms with Crippen molar-refractivity contribution in [2.24, 2.45) is 5.41 Å². The molecule has 156 valence electrons. The smallest absolute Gasteiger partial charge is 0.252 e. The first-order chi connectivity index (χ1) is 13.9. The van der Waals surface area contributed by atoms with E-state index in [4.69, 9.17) is 5.26 Å². The van der Waals surface area contributed by atoms with Crippen LogP contribution >= 0.6 is 0 Å². The summed E-state index contributed by atoms with van der Waals surface area (Å²) in [5.41, 5.74) is -1.70. The standard InChI is InChI=1S/C20H23F3N4O2/c21-15-14(10-24)16(22)18(25-17(15)23)26-8-1-6-20(11-26)7-9-27(19(20)29)12-2-4-13(28)5-3-12/h12-13,28H,1-9,11H2/t12?,13?,20-/m1/s1. The van der Waals surface area contributed by atoms with Crippen LogP contribution in [0.25, 0.3) is 0 Å². The van der Waals surface area contributed by atoms with Gasteiger partial charge in [-0.1, -0.05) is 0 Å². The van der Waals surface area contributed by atoms with Gasteiger partial charge in [0.1, 0.15) is 11.6 Å². The Morgan fingerprint density at radius 3 is 2.52 bits per heavy atom. The summed E-state index contributed by atoms with van der Waals surface area (Å²) in [5, 5.41) is 18.7. The molecule has 1 saturated carbocycles. The molecular weight excluding hydrogens is 385 g/mol. The molecule has 1 amide bonds. The van der Waals surface area contributed by atoms with Crippen molar-refractivity contribution in [1.82, 2.24) is 9.88 Å². The van der Waals surface area contributed by atoms with E-state index in [2.05, 4.69) is 4.98 Å². The van der Waals surface area contributed by atoms with Gasteiger partial charge in [-0.25, -0.2) is 8.78 Å². The van der Waals surface area contributed by atoms with E-state index in [9.17, 15) is 23.1 Å². The molecule has 1 aromatic rings. The lowest BCUT2D eigenvalue weighted by atomic mass is 9.78. The molecule has 1 spiro atoms. The van der Waals surface area contributed by atoms with Crippen molar-refractivity contribution in [2.45, 2.75) is 57.1 Å². The topological polar surface area (TPSA) is 80.5 Å². The number of carbonyl (C=O) groups is 1. The third-order valence-corrected chi connectivity index (χ3v) is 6.66. The number of piperidine rings is 1. The van der Waals surface area contributed by atoms with Crippen LogP contribution in [0.4, 0.5) is 19.0 Å². The van der Waals surface area contributed by atoms with Crippen molar-refractivity contribution in [3.63, 3.8) is 0 Å². The van der Waals surface area contributed by atoms with Crippen LogP contribution in [-0.4, -0.2) is 52.7 Å². The van der Waals surface area contributed by atoms with Crippen LogP contribution in [0.15, 0.2) is 0 Å². The molecule has 29 heavy (non-hydrogen) atoms. The molecule has 4 rings (SSSR count). The first kappa shape index (κ1) is 20.0. The third-order valence-electron chi connectivity index (χ3n) is 6.66. The molecule has 3 heterocycles. The van der Waals surface area contributed by atoms with Gasteiger partial charge in [0.15, 0.2) is 17.5 Å². The highest BCUT2D eigenvalue weighted by atomic mass is 19.2. The zero-order chi connectivity index (χ0) is 20.8. The zero-order valence-corrected chi connectivity index (χ0v) is 16.0. The number of aliphatic hydroxyl groups excluding tert-OH is 1. The molecular formula is C20H23F3N4O2. The summed E-state index contributed by atoms with van der Waals surface area (Å²) in [5.74, 6) is -4.70. The highest BCUT2D eigenvalue weighted by molar-refractivity contribution is 5.86. The number of amides is 1. The molecule has 0 radical (unpaired) electrons. The van der Waals surface area contributed by atoms with Crippen LogP contribution in [0.3, 0.4) is 0 Å². The summed E-state index contributed by atoms with van der Waals surface area (Å²) < 4.78 is 42.1. The van der Waals surface area contributed by atoms with E-state index in [1.54, 1.807) is 0 Å². The van der Waals surface area contributed by atoms with Gasteiger partial charge in [0, 0.05) is 25.7 Å². The van der Waals surface area contributed by atoms with Crippen molar-refractivity contribution in [1.29, 1.82) is 5.26 Å². The molecule has 2 saturated heterocycles. The molecule has 1 aliphatic carbocycles. The van der Waals surface area contributed by atoms with Crippen molar-refractivity contribution >= 4 is 11.7 Å². The van der Waals surface area contributed by atoms with Crippen LogP contribution in [0.5, 0.6) is 0 Å². The van der Waals surface area contributed by atoms with E-state index in [1.165, 1.54) is 11.0 Å². The summed E-state index contributed by atoms with van der Waals surface area (Å²) in [6.07, 6.45) is 4.41. The Balaban J connectivity index is 1.57. The Kier molecular flexibility index (Phi) is 5.15. The molecule has 2 aliphatic heterocycles. The minimum Gasteiger partial charge on any atom is -0.393 e. The molecule has 1 aromatic heterocycles. The molecule has 0 unspecified atom stereocenters. The Morgan fingerprint density at radius 2 is 1.83 bits per heavy atom. The number of aliphatic hydroxyl groups is 1. The zero-order valence-electron chi connectivity index (χ0n) is 16.0. The predicted molar refractivity (Wildman–Crippen MR) is 97.3 cm³/mol. The second-order valence-corrected chi connectivity index (χ2v) is 8.36. The third kappa shape index (κ3) is 3.33.